The zero-order chi connectivity index (χ0) is 12.6. The van der Waals surface area contributed by atoms with Crippen molar-refractivity contribution in [3.05, 3.63) is 36.0 Å². The van der Waals surface area contributed by atoms with Gasteiger partial charge in [-0.15, -0.1) is 0 Å². The molecule has 0 unspecified atom stereocenters. The van der Waals surface area contributed by atoms with Crippen LogP contribution >= 0.6 is 0 Å². The van der Waals surface area contributed by atoms with E-state index in [0.29, 0.717) is 0 Å². The summed E-state index contributed by atoms with van der Waals surface area (Å²) in [4.78, 5) is 6.28. The minimum Gasteiger partial charge on any atom is -0.512 e. The van der Waals surface area contributed by atoms with Crippen molar-refractivity contribution in [3.8, 4) is 0 Å². The summed E-state index contributed by atoms with van der Waals surface area (Å²) in [6, 6.07) is 0.352. The van der Waals surface area contributed by atoms with Gasteiger partial charge in [0.05, 0.1) is 0 Å². The van der Waals surface area contributed by atoms with E-state index in [9.17, 15) is 0 Å². The van der Waals surface area contributed by atoms with Crippen molar-refractivity contribution in [1.82, 2.24) is 0 Å². The third kappa shape index (κ3) is 207. The van der Waals surface area contributed by atoms with Crippen molar-refractivity contribution in [3.63, 3.8) is 0 Å². The van der Waals surface area contributed by atoms with Crippen molar-refractivity contribution in [1.29, 1.82) is 10.5 Å². The van der Waals surface area contributed by atoms with Gasteiger partial charge in [0.1, 0.15) is 0 Å². The predicted octanol–water partition coefficient (Wildman–Crippen LogP) is 2.82. The Morgan fingerprint density at radius 2 is 0.800 bits per heavy atom. The van der Waals surface area contributed by atoms with Gasteiger partial charge in [0.2, 0.25) is 12.1 Å². The molecule has 0 heterocycles. The maximum Gasteiger partial charge on any atom is 2.00 e. The van der Waals surface area contributed by atoms with Crippen LogP contribution in [0.2, 0.25) is 0 Å². The molecule has 0 aromatic rings. The van der Waals surface area contributed by atoms with E-state index in [0.717, 1.165) is 0 Å². The molecule has 0 saturated heterocycles. The van der Waals surface area contributed by atoms with Crippen LogP contribution in [-0.4, -0.2) is 12.1 Å². The van der Waals surface area contributed by atoms with Crippen LogP contribution in [-0.2, 0) is 20.4 Å². The fourth-order valence-corrected chi connectivity index (χ4v) is 0. The van der Waals surface area contributed by atoms with Crippen LogP contribution in [0, 0.1) is 36.8 Å². The summed E-state index contributed by atoms with van der Waals surface area (Å²) >= 11 is 0. The molecule has 4 nitrogen and oxygen atoms in total. The smallest absolute Gasteiger partial charge is 0.512 e. The molecule has 0 rings (SSSR count). The largest absolute Gasteiger partial charge is 2.00 e. The molecule has 0 amide bonds. The molecule has 0 spiro atoms. The summed E-state index contributed by atoms with van der Waals surface area (Å²) in [5.74, 6) is 0. The van der Waals surface area contributed by atoms with E-state index in [1.807, 2.05) is 27.7 Å². The van der Waals surface area contributed by atoms with E-state index in [1.165, 1.54) is 0 Å². The van der Waals surface area contributed by atoms with Crippen LogP contribution in [0.25, 0.3) is 9.69 Å². The molecule has 0 bridgehead atoms. The van der Waals surface area contributed by atoms with E-state index < -0.39 is 0 Å². The first kappa shape index (κ1) is 29.2. The maximum absolute atomic E-state index is 6.28. The van der Waals surface area contributed by atoms with E-state index in [4.69, 9.17) is 36.8 Å². The average Bonchev–Trinajstić information content (AvgIpc) is 2.24. The minimum absolute atomic E-state index is 0. The predicted molar refractivity (Wildman–Crippen MR) is 53.4 cm³/mol. The van der Waals surface area contributed by atoms with E-state index in [2.05, 4.69) is 9.69 Å². The zero-order valence-electron chi connectivity index (χ0n) is 9.26. The second-order valence-corrected chi connectivity index (χ2v) is 2.45. The Labute approximate surface area is 107 Å². The van der Waals surface area contributed by atoms with Gasteiger partial charge in [-0.3, -0.25) is 0 Å². The molecule has 5 heteroatoms. The van der Waals surface area contributed by atoms with Crippen molar-refractivity contribution < 1.29 is 20.4 Å². The summed E-state index contributed by atoms with van der Waals surface area (Å²) in [5, 5.41) is 12.5. The van der Waals surface area contributed by atoms with Gasteiger partial charge in [-0.2, -0.15) is 0 Å². The fourth-order valence-electron chi connectivity index (χ4n) is 0. The Morgan fingerprint density at radius 3 is 0.800 bits per heavy atom. The number of nitrogens with zero attached hydrogens (tertiary/aromatic N) is 4. The standard InChI is InChI=1S/2C4H7N.2CN.Pd/c2*1-4(2)5-3;2*1-2;/h2*4H,1-2H3;;;/q;;2*-1;+2. The molecule has 0 N–H and O–H groups in total. The first-order chi connectivity index (χ1) is 6.54. The Balaban J connectivity index is -0.0000000318. The molecule has 0 fully saturated rings. The molecule has 0 saturated carbocycles. The molecule has 0 aliphatic carbocycles. The van der Waals surface area contributed by atoms with Crippen molar-refractivity contribution in [2.24, 2.45) is 0 Å². The van der Waals surface area contributed by atoms with Crippen LogP contribution in [0.1, 0.15) is 27.7 Å². The van der Waals surface area contributed by atoms with Gasteiger partial charge in [-0.05, 0) is 0 Å². The Kier molecular flexibility index (Phi) is 75.7. The van der Waals surface area contributed by atoms with E-state index >= 15 is 0 Å². The third-order valence-electron chi connectivity index (χ3n) is 0.516. The third-order valence-corrected chi connectivity index (χ3v) is 0.516. The molecule has 0 aromatic heterocycles. The van der Waals surface area contributed by atoms with Gasteiger partial charge in [-0.25, -0.2) is 13.1 Å². The Bertz CT molecular complexity index is 181. The Morgan fingerprint density at radius 1 is 0.733 bits per heavy atom. The summed E-state index contributed by atoms with van der Waals surface area (Å²) in [7, 11) is 0. The van der Waals surface area contributed by atoms with Crippen molar-refractivity contribution >= 4 is 0 Å². The summed E-state index contributed by atoms with van der Waals surface area (Å²) in [6.07, 6.45) is 0. The summed E-state index contributed by atoms with van der Waals surface area (Å²) in [6.45, 7) is 29.5. The molecule has 15 heavy (non-hydrogen) atoms. The van der Waals surface area contributed by atoms with Crippen LogP contribution < -0.4 is 0 Å². The minimum atomic E-state index is 0. The van der Waals surface area contributed by atoms with E-state index in [1.54, 1.807) is 0 Å². The number of hydrogen-bond acceptors (Lipinski definition) is 2. The van der Waals surface area contributed by atoms with Gasteiger partial charge < -0.3 is 33.4 Å². The topological polar surface area (TPSA) is 56.3 Å². The van der Waals surface area contributed by atoms with Gasteiger partial charge >= 0.3 is 20.4 Å². The van der Waals surface area contributed by atoms with E-state index in [-0.39, 0.29) is 32.5 Å². The monoisotopic (exact) mass is 296 g/mol. The molecule has 0 aliphatic rings. The van der Waals surface area contributed by atoms with Gasteiger partial charge in [0.25, 0.3) is 0 Å². The molecule has 84 valence electrons. The first-order valence-electron chi connectivity index (χ1n) is 3.72. The van der Waals surface area contributed by atoms with Crippen molar-refractivity contribution in [2.75, 3.05) is 0 Å². The number of hydrogen-bond donors (Lipinski definition) is 0. The molecule has 0 atom stereocenters. The quantitative estimate of drug-likeness (QED) is 0.510. The molecule has 0 radical (unpaired) electrons. The molecular weight excluding hydrogens is 283 g/mol. The van der Waals surface area contributed by atoms with Crippen molar-refractivity contribution in [2.45, 2.75) is 39.8 Å². The Hall–Kier alpha value is -1.38. The van der Waals surface area contributed by atoms with Gasteiger partial charge in [0, 0.05) is 27.7 Å². The summed E-state index contributed by atoms with van der Waals surface area (Å²) in [5.41, 5.74) is 0. The summed E-state index contributed by atoms with van der Waals surface area (Å²) < 4.78 is 0. The second-order valence-electron chi connectivity index (χ2n) is 2.45. The SMILES string of the molecule is [C-]#N.[C-]#N.[C-]#[N+]C(C)C.[C-]#[N+]C(C)C.[Pd+2]. The fraction of sp³-hybridized carbons (Fsp3) is 0.600. The zero-order valence-corrected chi connectivity index (χ0v) is 10.8. The second kappa shape index (κ2) is 38.9. The normalized spacial score (nSPS) is 5.33. The van der Waals surface area contributed by atoms with Crippen LogP contribution in [0.5, 0.6) is 0 Å². The average molecular weight is 297 g/mol. The van der Waals surface area contributed by atoms with Crippen LogP contribution in [0.4, 0.5) is 0 Å². The molecule has 0 aromatic carbocycles. The van der Waals surface area contributed by atoms with Crippen LogP contribution in [0.15, 0.2) is 0 Å². The maximum atomic E-state index is 6.28. The first-order valence-corrected chi connectivity index (χ1v) is 3.72. The van der Waals surface area contributed by atoms with Crippen LogP contribution in [0.3, 0.4) is 0 Å². The van der Waals surface area contributed by atoms with Gasteiger partial charge in [0.15, 0.2) is 0 Å². The molecular formula is C10H14N4Pd. The molecule has 0 aliphatic heterocycles. The number of rotatable bonds is 0. The van der Waals surface area contributed by atoms with Gasteiger partial charge in [-0.1, -0.05) is 0 Å².